The lowest BCUT2D eigenvalue weighted by Crippen LogP contribution is -2.24. The van der Waals surface area contributed by atoms with Gasteiger partial charge in [-0.1, -0.05) is 6.42 Å². The van der Waals surface area contributed by atoms with Gasteiger partial charge in [-0.2, -0.15) is 5.10 Å². The molecule has 5 heteroatoms. The second-order valence-corrected chi connectivity index (χ2v) is 6.54. The molecule has 0 unspecified atom stereocenters. The van der Waals surface area contributed by atoms with Crippen LogP contribution in [0.4, 0.5) is 0 Å². The summed E-state index contributed by atoms with van der Waals surface area (Å²) in [7, 11) is 0. The summed E-state index contributed by atoms with van der Waals surface area (Å²) in [4.78, 5) is 12.2. The monoisotopic (exact) mass is 300 g/mol. The number of amides is 1. The zero-order valence-electron chi connectivity index (χ0n) is 12.7. The van der Waals surface area contributed by atoms with Gasteiger partial charge in [-0.25, -0.2) is 5.43 Å². The van der Waals surface area contributed by atoms with Gasteiger partial charge in [-0.15, -0.1) is 0 Å². The number of nitrogens with one attached hydrogen (secondary N) is 1. The molecule has 3 atom stereocenters. The van der Waals surface area contributed by atoms with Gasteiger partial charge in [0.15, 0.2) is 11.5 Å². The molecule has 1 heterocycles. The van der Waals surface area contributed by atoms with Crippen molar-refractivity contribution in [2.45, 2.75) is 32.6 Å². The van der Waals surface area contributed by atoms with Crippen molar-refractivity contribution in [1.82, 2.24) is 5.43 Å². The average molecular weight is 300 g/mol. The molecule has 0 saturated heterocycles. The van der Waals surface area contributed by atoms with Gasteiger partial charge in [0.2, 0.25) is 6.79 Å². The first-order valence-electron chi connectivity index (χ1n) is 7.95. The highest BCUT2D eigenvalue weighted by Gasteiger charge is 2.40. The van der Waals surface area contributed by atoms with Crippen LogP contribution in [0.25, 0.3) is 0 Å². The summed E-state index contributed by atoms with van der Waals surface area (Å²) in [6.45, 7) is 2.24. The molecule has 1 N–H and O–H groups in total. The van der Waals surface area contributed by atoms with Crippen LogP contribution in [0.2, 0.25) is 0 Å². The fourth-order valence-corrected chi connectivity index (χ4v) is 4.08. The minimum absolute atomic E-state index is 0.208. The summed E-state index contributed by atoms with van der Waals surface area (Å²) in [5.74, 6) is 3.29. The Morgan fingerprint density at radius 1 is 1.23 bits per heavy atom. The minimum atomic E-state index is -0.208. The lowest BCUT2D eigenvalue weighted by atomic mass is 9.86. The van der Waals surface area contributed by atoms with Gasteiger partial charge < -0.3 is 9.47 Å². The van der Waals surface area contributed by atoms with E-state index >= 15 is 0 Å². The van der Waals surface area contributed by atoms with Crippen molar-refractivity contribution >= 4 is 11.6 Å². The fraction of sp³-hybridized carbons (Fsp3) is 0.529. The summed E-state index contributed by atoms with van der Waals surface area (Å²) in [6.07, 6.45) is 5.27. The summed E-state index contributed by atoms with van der Waals surface area (Å²) in [6, 6.07) is 5.18. The van der Waals surface area contributed by atoms with Crippen LogP contribution in [-0.4, -0.2) is 18.4 Å². The Bertz CT molecular complexity index is 641. The third-order valence-corrected chi connectivity index (χ3v) is 5.24. The molecule has 1 aromatic rings. The molecular formula is C17H20N2O3. The first-order valence-corrected chi connectivity index (χ1v) is 7.95. The zero-order chi connectivity index (χ0) is 15.1. The fourth-order valence-electron chi connectivity index (χ4n) is 4.08. The largest absolute Gasteiger partial charge is 0.454 e. The SMILES string of the molecule is C/C(=N\NC(=O)c1ccc2c(c1)OCO2)[C@H]1C[C@@H]2CC[C@H]1C2. The normalized spacial score (nSPS) is 29.0. The number of ether oxygens (including phenoxy) is 2. The number of hydrogen-bond acceptors (Lipinski definition) is 4. The Kier molecular flexibility index (Phi) is 3.28. The predicted octanol–water partition coefficient (Wildman–Crippen LogP) is 2.96. The molecule has 5 nitrogen and oxygen atoms in total. The number of rotatable bonds is 3. The molecule has 2 fully saturated rings. The molecule has 1 amide bonds. The second-order valence-electron chi connectivity index (χ2n) is 6.54. The van der Waals surface area contributed by atoms with Crippen molar-refractivity contribution in [1.29, 1.82) is 0 Å². The van der Waals surface area contributed by atoms with Crippen LogP contribution in [0.5, 0.6) is 11.5 Å². The van der Waals surface area contributed by atoms with Crippen molar-refractivity contribution in [2.75, 3.05) is 6.79 Å². The van der Waals surface area contributed by atoms with Gasteiger partial charge in [-0.3, -0.25) is 4.79 Å². The summed E-state index contributed by atoms with van der Waals surface area (Å²) >= 11 is 0. The minimum Gasteiger partial charge on any atom is -0.454 e. The standard InChI is InChI=1S/C17H20N2O3/c1-10(14-7-11-2-3-12(14)6-11)18-19-17(20)13-4-5-15-16(8-13)22-9-21-15/h4-5,8,11-12,14H,2-3,6-7,9H2,1H3,(H,19,20)/b18-10+/t11-,12+,14-/m1/s1. The molecule has 1 aliphatic heterocycles. The smallest absolute Gasteiger partial charge is 0.271 e. The molecule has 0 radical (unpaired) electrons. The van der Waals surface area contributed by atoms with Gasteiger partial charge >= 0.3 is 0 Å². The van der Waals surface area contributed by atoms with Crippen LogP contribution < -0.4 is 14.9 Å². The number of benzene rings is 1. The van der Waals surface area contributed by atoms with E-state index in [4.69, 9.17) is 9.47 Å². The molecule has 1 aromatic carbocycles. The molecule has 2 saturated carbocycles. The number of fused-ring (bicyclic) bond motifs is 3. The van der Waals surface area contributed by atoms with Crippen LogP contribution in [0.3, 0.4) is 0 Å². The number of carbonyl (C=O) groups excluding carboxylic acids is 1. The van der Waals surface area contributed by atoms with Gasteiger partial charge in [0.05, 0.1) is 0 Å². The quantitative estimate of drug-likeness (QED) is 0.689. The maximum atomic E-state index is 12.2. The third kappa shape index (κ3) is 2.34. The van der Waals surface area contributed by atoms with Crippen LogP contribution in [0.15, 0.2) is 23.3 Å². The average Bonchev–Trinajstić information content (AvgIpc) is 3.26. The molecule has 3 aliphatic rings. The van der Waals surface area contributed by atoms with E-state index in [9.17, 15) is 4.79 Å². The topological polar surface area (TPSA) is 59.9 Å². The van der Waals surface area contributed by atoms with Crippen molar-refractivity contribution in [2.24, 2.45) is 22.9 Å². The molecule has 22 heavy (non-hydrogen) atoms. The highest BCUT2D eigenvalue weighted by molar-refractivity contribution is 5.96. The van der Waals surface area contributed by atoms with E-state index in [0.717, 1.165) is 17.5 Å². The van der Waals surface area contributed by atoms with Crippen LogP contribution in [0, 0.1) is 17.8 Å². The van der Waals surface area contributed by atoms with E-state index in [1.54, 1.807) is 18.2 Å². The Labute approximate surface area is 129 Å². The molecule has 2 bridgehead atoms. The van der Waals surface area contributed by atoms with E-state index in [1.165, 1.54) is 25.7 Å². The van der Waals surface area contributed by atoms with Crippen molar-refractivity contribution < 1.29 is 14.3 Å². The first kappa shape index (κ1) is 13.6. The van der Waals surface area contributed by atoms with E-state index in [1.807, 2.05) is 6.92 Å². The Morgan fingerprint density at radius 2 is 2.09 bits per heavy atom. The van der Waals surface area contributed by atoms with Crippen LogP contribution in [-0.2, 0) is 0 Å². The molecule has 0 spiro atoms. The highest BCUT2D eigenvalue weighted by atomic mass is 16.7. The molecule has 2 aliphatic carbocycles. The van der Waals surface area contributed by atoms with Gasteiger partial charge in [0.25, 0.3) is 5.91 Å². The number of hydrogen-bond donors (Lipinski definition) is 1. The number of hydrazone groups is 1. The molecule has 4 rings (SSSR count). The van der Waals surface area contributed by atoms with Gasteiger partial charge in [0, 0.05) is 17.2 Å². The number of carbonyl (C=O) groups is 1. The maximum Gasteiger partial charge on any atom is 0.271 e. The summed E-state index contributed by atoms with van der Waals surface area (Å²) in [5.41, 5.74) is 4.27. The lowest BCUT2D eigenvalue weighted by Gasteiger charge is -2.21. The Morgan fingerprint density at radius 3 is 2.86 bits per heavy atom. The van der Waals surface area contributed by atoms with Crippen LogP contribution in [0.1, 0.15) is 43.0 Å². The predicted molar refractivity (Wildman–Crippen MR) is 82.1 cm³/mol. The zero-order valence-corrected chi connectivity index (χ0v) is 12.7. The summed E-state index contributed by atoms with van der Waals surface area (Å²) in [5, 5.41) is 4.34. The van der Waals surface area contributed by atoms with E-state index in [2.05, 4.69) is 10.5 Å². The third-order valence-electron chi connectivity index (χ3n) is 5.24. The second kappa shape index (κ2) is 5.30. The van der Waals surface area contributed by atoms with E-state index in [-0.39, 0.29) is 12.7 Å². The van der Waals surface area contributed by atoms with Crippen LogP contribution >= 0.6 is 0 Å². The molecule has 0 aromatic heterocycles. The van der Waals surface area contributed by atoms with E-state index in [0.29, 0.717) is 23.0 Å². The van der Waals surface area contributed by atoms with Gasteiger partial charge in [-0.05, 0) is 56.2 Å². The first-order chi connectivity index (χ1) is 10.7. The molecular weight excluding hydrogens is 280 g/mol. The van der Waals surface area contributed by atoms with Gasteiger partial charge in [0.1, 0.15) is 0 Å². The maximum absolute atomic E-state index is 12.2. The number of nitrogens with zero attached hydrogens (tertiary/aromatic N) is 1. The Hall–Kier alpha value is -2.04. The van der Waals surface area contributed by atoms with Crippen molar-refractivity contribution in [3.8, 4) is 11.5 Å². The van der Waals surface area contributed by atoms with Crippen molar-refractivity contribution in [3.63, 3.8) is 0 Å². The summed E-state index contributed by atoms with van der Waals surface area (Å²) < 4.78 is 10.5. The Balaban J connectivity index is 1.42. The molecule has 116 valence electrons. The highest BCUT2D eigenvalue weighted by Crippen LogP contribution is 2.48. The van der Waals surface area contributed by atoms with Crippen molar-refractivity contribution in [3.05, 3.63) is 23.8 Å². The van der Waals surface area contributed by atoms with E-state index < -0.39 is 0 Å². The lowest BCUT2D eigenvalue weighted by molar-refractivity contribution is 0.0954.